The van der Waals surface area contributed by atoms with E-state index < -0.39 is 0 Å². The van der Waals surface area contributed by atoms with Crippen LogP contribution in [0.5, 0.6) is 0 Å². The van der Waals surface area contributed by atoms with Gasteiger partial charge in [-0.15, -0.1) is 0 Å². The molecular formula is C16H28N4O. The molecule has 2 aliphatic carbocycles. The Morgan fingerprint density at radius 1 is 1.33 bits per heavy atom. The molecule has 0 aromatic carbocycles. The van der Waals surface area contributed by atoms with Crippen molar-refractivity contribution in [2.75, 3.05) is 31.7 Å². The van der Waals surface area contributed by atoms with Gasteiger partial charge < -0.3 is 15.0 Å². The summed E-state index contributed by atoms with van der Waals surface area (Å²) in [5.41, 5.74) is 2.51. The van der Waals surface area contributed by atoms with Gasteiger partial charge in [-0.05, 0) is 38.5 Å². The maximum absolute atomic E-state index is 5.11. The lowest BCUT2D eigenvalue weighted by molar-refractivity contribution is 0.199. The minimum atomic E-state index is 0.748. The predicted octanol–water partition coefficient (Wildman–Crippen LogP) is 1.84. The van der Waals surface area contributed by atoms with Crippen molar-refractivity contribution in [3.05, 3.63) is 11.3 Å². The van der Waals surface area contributed by atoms with Gasteiger partial charge in [-0.1, -0.05) is 0 Å². The van der Waals surface area contributed by atoms with Crippen molar-refractivity contribution in [1.82, 2.24) is 15.1 Å². The monoisotopic (exact) mass is 292 g/mol. The average molecular weight is 292 g/mol. The highest BCUT2D eigenvalue weighted by Crippen LogP contribution is 2.39. The van der Waals surface area contributed by atoms with Crippen molar-refractivity contribution < 1.29 is 4.74 Å². The Morgan fingerprint density at radius 2 is 2.10 bits per heavy atom. The molecule has 0 saturated heterocycles. The molecule has 0 aliphatic heterocycles. The molecular weight excluding hydrogens is 264 g/mol. The van der Waals surface area contributed by atoms with Crippen molar-refractivity contribution in [1.29, 1.82) is 0 Å². The van der Waals surface area contributed by atoms with Gasteiger partial charge >= 0.3 is 0 Å². The van der Waals surface area contributed by atoms with Crippen molar-refractivity contribution in [2.24, 2.45) is 13.0 Å². The number of rotatable bonds is 9. The number of aryl methyl sites for hydroxylation is 2. The smallest absolute Gasteiger partial charge is 0.131 e. The molecule has 5 nitrogen and oxygen atoms in total. The number of aromatic nitrogens is 2. The van der Waals surface area contributed by atoms with Crippen LogP contribution in [0.25, 0.3) is 0 Å². The minimum Gasteiger partial charge on any atom is -0.383 e. The largest absolute Gasteiger partial charge is 0.383 e. The Hall–Kier alpha value is -1.07. The number of nitrogens with zero attached hydrogens (tertiary/aromatic N) is 3. The molecule has 0 radical (unpaired) electrons. The van der Waals surface area contributed by atoms with Gasteiger partial charge in [0.15, 0.2) is 0 Å². The molecule has 0 amide bonds. The molecule has 3 rings (SSSR count). The van der Waals surface area contributed by atoms with E-state index in [0.29, 0.717) is 0 Å². The summed E-state index contributed by atoms with van der Waals surface area (Å²) in [6.45, 7) is 5.86. The lowest BCUT2D eigenvalue weighted by atomic mass is 10.2. The van der Waals surface area contributed by atoms with Crippen LogP contribution in [-0.2, 0) is 18.3 Å². The molecule has 2 fully saturated rings. The lowest BCUT2D eigenvalue weighted by Gasteiger charge is -2.26. The third kappa shape index (κ3) is 3.58. The molecule has 2 aliphatic rings. The first-order valence-corrected chi connectivity index (χ1v) is 8.19. The average Bonchev–Trinajstić information content (AvgIpc) is 3.34. The van der Waals surface area contributed by atoms with E-state index in [2.05, 4.69) is 34.0 Å². The molecule has 0 bridgehead atoms. The fourth-order valence-electron chi connectivity index (χ4n) is 3.02. The summed E-state index contributed by atoms with van der Waals surface area (Å²) in [5, 5.41) is 8.15. The second kappa shape index (κ2) is 6.36. The zero-order valence-corrected chi connectivity index (χ0v) is 13.6. The topological polar surface area (TPSA) is 42.3 Å². The van der Waals surface area contributed by atoms with Crippen LogP contribution in [0.3, 0.4) is 0 Å². The van der Waals surface area contributed by atoms with Crippen LogP contribution in [0.4, 0.5) is 5.82 Å². The Labute approximate surface area is 127 Å². The number of ether oxygens (including phenoxy) is 1. The van der Waals surface area contributed by atoms with Gasteiger partial charge in [0.25, 0.3) is 0 Å². The second-order valence-electron chi connectivity index (χ2n) is 6.51. The van der Waals surface area contributed by atoms with Crippen molar-refractivity contribution in [3.63, 3.8) is 0 Å². The van der Waals surface area contributed by atoms with Crippen LogP contribution in [0.2, 0.25) is 0 Å². The van der Waals surface area contributed by atoms with E-state index in [-0.39, 0.29) is 0 Å². The summed E-state index contributed by atoms with van der Waals surface area (Å²) in [6, 6.07) is 0.748. The van der Waals surface area contributed by atoms with Crippen LogP contribution in [-0.4, -0.2) is 42.6 Å². The van der Waals surface area contributed by atoms with E-state index in [0.717, 1.165) is 37.4 Å². The summed E-state index contributed by atoms with van der Waals surface area (Å²) in [7, 11) is 3.83. The van der Waals surface area contributed by atoms with Gasteiger partial charge in [0.1, 0.15) is 5.82 Å². The summed E-state index contributed by atoms with van der Waals surface area (Å²) in [4.78, 5) is 2.63. The third-order valence-electron chi connectivity index (χ3n) is 4.51. The maximum atomic E-state index is 5.11. The van der Waals surface area contributed by atoms with E-state index in [4.69, 9.17) is 4.74 Å². The fourth-order valence-corrected chi connectivity index (χ4v) is 3.02. The van der Waals surface area contributed by atoms with Crippen molar-refractivity contribution in [3.8, 4) is 0 Å². The number of hydrogen-bond donors (Lipinski definition) is 1. The molecule has 1 N–H and O–H groups in total. The molecule has 1 aromatic heterocycles. The number of anilines is 1. The Balaban J connectivity index is 1.74. The molecule has 21 heavy (non-hydrogen) atoms. The summed E-state index contributed by atoms with van der Waals surface area (Å²) in [6.07, 6.45) is 5.49. The van der Waals surface area contributed by atoms with Crippen LogP contribution < -0.4 is 10.2 Å². The predicted molar refractivity (Wildman–Crippen MR) is 84.6 cm³/mol. The Bertz CT molecular complexity index is 477. The molecule has 5 heteroatoms. The van der Waals surface area contributed by atoms with Crippen LogP contribution >= 0.6 is 0 Å². The van der Waals surface area contributed by atoms with Gasteiger partial charge in [0.2, 0.25) is 0 Å². The van der Waals surface area contributed by atoms with Gasteiger partial charge in [-0.2, -0.15) is 5.10 Å². The molecule has 1 aromatic rings. The second-order valence-corrected chi connectivity index (χ2v) is 6.51. The molecule has 0 unspecified atom stereocenters. The van der Waals surface area contributed by atoms with E-state index in [1.165, 1.54) is 43.6 Å². The van der Waals surface area contributed by atoms with Crippen LogP contribution in [0, 0.1) is 12.8 Å². The quantitative estimate of drug-likeness (QED) is 0.705. The van der Waals surface area contributed by atoms with E-state index in [1.54, 1.807) is 7.11 Å². The van der Waals surface area contributed by atoms with Gasteiger partial charge in [0.05, 0.1) is 12.3 Å². The highest BCUT2D eigenvalue weighted by molar-refractivity contribution is 5.52. The maximum Gasteiger partial charge on any atom is 0.131 e. The van der Waals surface area contributed by atoms with Crippen molar-refractivity contribution >= 4 is 5.82 Å². The van der Waals surface area contributed by atoms with Gasteiger partial charge in [-0.25, -0.2) is 0 Å². The van der Waals surface area contributed by atoms with Gasteiger partial charge in [0, 0.05) is 45.4 Å². The van der Waals surface area contributed by atoms with Crippen LogP contribution in [0.1, 0.15) is 36.9 Å². The molecule has 0 spiro atoms. The fraction of sp³-hybridized carbons (Fsp3) is 0.812. The van der Waals surface area contributed by atoms with E-state index >= 15 is 0 Å². The third-order valence-corrected chi connectivity index (χ3v) is 4.51. The van der Waals surface area contributed by atoms with E-state index in [1.807, 2.05) is 0 Å². The summed E-state index contributed by atoms with van der Waals surface area (Å²) >= 11 is 0. The first kappa shape index (κ1) is 14.9. The first-order valence-electron chi connectivity index (χ1n) is 8.19. The normalized spacial score (nSPS) is 18.2. The van der Waals surface area contributed by atoms with Crippen LogP contribution in [0.15, 0.2) is 0 Å². The van der Waals surface area contributed by atoms with Gasteiger partial charge in [-0.3, -0.25) is 4.68 Å². The number of nitrogens with one attached hydrogen (secondary N) is 1. The lowest BCUT2D eigenvalue weighted by Crippen LogP contribution is -2.31. The van der Waals surface area contributed by atoms with E-state index in [9.17, 15) is 0 Å². The Kier molecular flexibility index (Phi) is 4.50. The minimum absolute atomic E-state index is 0.748. The zero-order valence-electron chi connectivity index (χ0n) is 13.6. The zero-order chi connectivity index (χ0) is 14.8. The highest BCUT2D eigenvalue weighted by atomic mass is 16.5. The molecule has 1 heterocycles. The SMILES string of the molecule is COCCNCc1c(C)nn(C)c1N(CC1CC1)C1CC1. The number of methoxy groups -OCH3 is 1. The first-order chi connectivity index (χ1) is 10.2. The molecule has 0 atom stereocenters. The summed E-state index contributed by atoms with van der Waals surface area (Å²) < 4.78 is 7.19. The number of hydrogen-bond acceptors (Lipinski definition) is 4. The van der Waals surface area contributed by atoms with Crippen molar-refractivity contribution in [2.45, 2.75) is 45.2 Å². The Morgan fingerprint density at radius 3 is 2.71 bits per heavy atom. The highest BCUT2D eigenvalue weighted by Gasteiger charge is 2.36. The summed E-state index contributed by atoms with van der Waals surface area (Å²) in [5.74, 6) is 2.25. The molecule has 2 saturated carbocycles. The standard InChI is InChI=1S/C16H28N4O/c1-12-15(10-17-8-9-21-3)16(19(2)18-12)20(14-6-7-14)11-13-4-5-13/h13-14,17H,4-11H2,1-3H3. The molecule has 118 valence electrons.